The molecule has 0 aromatic heterocycles. The molecule has 0 amide bonds. The van der Waals surface area contributed by atoms with Crippen LogP contribution < -0.4 is 117 Å². The third-order valence-corrected chi connectivity index (χ3v) is 7.04. The van der Waals surface area contributed by atoms with Crippen molar-refractivity contribution in [3.63, 3.8) is 0 Å². The molecule has 2 aromatic carbocycles. The molecule has 0 aliphatic carbocycles. The molecule has 2 rings (SSSR count). The number of halogens is 1. The van der Waals surface area contributed by atoms with E-state index >= 15 is 0 Å². The van der Waals surface area contributed by atoms with Crippen molar-refractivity contribution in [3.8, 4) is 11.5 Å². The normalized spacial score (nSPS) is 12.4. The van der Waals surface area contributed by atoms with Crippen molar-refractivity contribution < 1.29 is 139 Å². The summed E-state index contributed by atoms with van der Waals surface area (Å²) in [6.07, 6.45) is -0.260. The van der Waals surface area contributed by atoms with Crippen LogP contribution in [-0.4, -0.2) is 18.0 Å². The molecule has 7 nitrogen and oxygen atoms in total. The second-order valence-corrected chi connectivity index (χ2v) is 9.23. The minimum absolute atomic E-state index is 0. The van der Waals surface area contributed by atoms with Crippen LogP contribution in [0.3, 0.4) is 0 Å². The Morgan fingerprint density at radius 3 is 2.32 bits per heavy atom. The zero-order valence-corrected chi connectivity index (χ0v) is 23.4. The Labute approximate surface area is 248 Å². The molecular formula is C16H16FK2O7PS. The molecule has 0 radical (unpaired) electrons. The average molecular weight is 481 g/mol. The van der Waals surface area contributed by atoms with Gasteiger partial charge in [-0.05, 0) is 56.7 Å². The summed E-state index contributed by atoms with van der Waals surface area (Å²) in [5, 5.41) is 0. The van der Waals surface area contributed by atoms with E-state index in [1.165, 1.54) is 18.2 Å². The van der Waals surface area contributed by atoms with E-state index < -0.39 is 34.9 Å². The third-order valence-electron chi connectivity index (χ3n) is 3.58. The van der Waals surface area contributed by atoms with Crippen LogP contribution in [0.2, 0.25) is 0 Å². The van der Waals surface area contributed by atoms with Gasteiger partial charge in [-0.25, -0.2) is 4.39 Å². The van der Waals surface area contributed by atoms with Gasteiger partial charge in [0.05, 0.1) is 0 Å². The topological polar surface area (TPSA) is 127 Å². The fourth-order valence-electron chi connectivity index (χ4n) is 2.37. The number of aryl methyl sites for hydroxylation is 1. The van der Waals surface area contributed by atoms with Crippen LogP contribution in [0.1, 0.15) is 18.4 Å². The van der Waals surface area contributed by atoms with Crippen molar-refractivity contribution in [1.82, 2.24) is 0 Å². The Kier molecular flexibility index (Phi) is 13.8. The Balaban J connectivity index is 0.00000364. The maximum Gasteiger partial charge on any atom is 1.00 e. The Hall–Kier alpha value is 1.50. The SMILES string of the molecule is O=P([O-])([O-])C(CCCc1cccc(Oc2ccccc2F)c1)S(=O)(=O)O.[K+].[K+]. The molecule has 0 saturated heterocycles. The maximum absolute atomic E-state index is 13.6. The van der Waals surface area contributed by atoms with Crippen LogP contribution >= 0.6 is 7.60 Å². The van der Waals surface area contributed by atoms with Crippen molar-refractivity contribution in [2.75, 3.05) is 0 Å². The summed E-state index contributed by atoms with van der Waals surface area (Å²) in [7, 11) is -10.5. The number of ether oxygens (including phenoxy) is 1. The van der Waals surface area contributed by atoms with E-state index in [0.29, 0.717) is 11.3 Å². The van der Waals surface area contributed by atoms with Crippen LogP contribution in [0.5, 0.6) is 11.5 Å². The molecule has 28 heavy (non-hydrogen) atoms. The molecule has 0 aliphatic heterocycles. The second kappa shape index (κ2) is 13.1. The molecule has 0 aliphatic rings. The summed E-state index contributed by atoms with van der Waals surface area (Å²) >= 11 is 0. The molecule has 0 fully saturated rings. The van der Waals surface area contributed by atoms with Crippen LogP contribution in [-0.2, 0) is 21.1 Å². The van der Waals surface area contributed by atoms with Crippen molar-refractivity contribution in [3.05, 3.63) is 59.9 Å². The van der Waals surface area contributed by atoms with Crippen molar-refractivity contribution >= 4 is 17.7 Å². The van der Waals surface area contributed by atoms with E-state index in [-0.39, 0.29) is 121 Å². The van der Waals surface area contributed by atoms with Gasteiger partial charge in [-0.3, -0.25) is 4.55 Å². The summed E-state index contributed by atoms with van der Waals surface area (Å²) < 4.78 is 61.0. The van der Waals surface area contributed by atoms with Gasteiger partial charge < -0.3 is 19.1 Å². The van der Waals surface area contributed by atoms with E-state index in [9.17, 15) is 27.2 Å². The van der Waals surface area contributed by atoms with Crippen LogP contribution in [0, 0.1) is 5.82 Å². The first-order valence-corrected chi connectivity index (χ1v) is 10.7. The molecule has 0 saturated carbocycles. The maximum atomic E-state index is 13.6. The first-order valence-electron chi connectivity index (χ1n) is 7.57. The zero-order chi connectivity index (χ0) is 19.4. The van der Waals surface area contributed by atoms with Crippen LogP contribution in [0.4, 0.5) is 4.39 Å². The minimum Gasteiger partial charge on any atom is -0.810 e. The molecule has 12 heteroatoms. The Morgan fingerprint density at radius 1 is 1.11 bits per heavy atom. The minimum atomic E-state index is -5.48. The molecule has 0 bridgehead atoms. The summed E-state index contributed by atoms with van der Waals surface area (Å²) in [6, 6.07) is 12.3. The molecule has 1 unspecified atom stereocenters. The fourth-order valence-corrected chi connectivity index (χ4v) is 4.64. The van der Waals surface area contributed by atoms with E-state index in [0.717, 1.165) is 0 Å². The van der Waals surface area contributed by atoms with Gasteiger partial charge in [0.1, 0.15) is 10.7 Å². The van der Waals surface area contributed by atoms with Gasteiger partial charge in [0.15, 0.2) is 11.6 Å². The van der Waals surface area contributed by atoms with Gasteiger partial charge in [0.2, 0.25) is 0 Å². The summed E-state index contributed by atoms with van der Waals surface area (Å²) in [4.78, 5) is 19.6. The zero-order valence-electron chi connectivity index (χ0n) is 15.4. The number of hydrogen-bond acceptors (Lipinski definition) is 6. The van der Waals surface area contributed by atoms with Gasteiger partial charge >= 0.3 is 103 Å². The molecule has 0 heterocycles. The van der Waals surface area contributed by atoms with Crippen molar-refractivity contribution in [1.29, 1.82) is 0 Å². The van der Waals surface area contributed by atoms with E-state index in [4.69, 9.17) is 9.29 Å². The van der Waals surface area contributed by atoms with E-state index in [2.05, 4.69) is 0 Å². The smallest absolute Gasteiger partial charge is 0.810 e. The first-order chi connectivity index (χ1) is 12.1. The molecule has 1 N–H and O–H groups in total. The number of benzene rings is 2. The largest absolute Gasteiger partial charge is 1.00 e. The Bertz CT molecular complexity index is 921. The predicted molar refractivity (Wildman–Crippen MR) is 88.8 cm³/mol. The average Bonchev–Trinajstić information content (AvgIpc) is 2.52. The van der Waals surface area contributed by atoms with Crippen LogP contribution in [0.15, 0.2) is 48.5 Å². The standard InChI is InChI=1S/C16H18FO7PS.2K/c17-14-8-1-2-9-15(14)24-13-7-3-5-12(11-13)6-4-10-16(25(18,19)20)26(21,22)23;;/h1-3,5,7-9,11,16H,4,6,10H2,(H2,18,19,20)(H,21,22,23);;/q;2*+1/p-2. The molecule has 2 aromatic rings. The first kappa shape index (κ1) is 29.5. The predicted octanol–water partition coefficient (Wildman–Crippen LogP) is -3.92. The monoisotopic (exact) mass is 480 g/mol. The van der Waals surface area contributed by atoms with Crippen LogP contribution in [0.25, 0.3) is 0 Å². The summed E-state index contributed by atoms with van der Waals surface area (Å²) in [6.45, 7) is 0. The van der Waals surface area contributed by atoms with Crippen molar-refractivity contribution in [2.45, 2.75) is 24.3 Å². The quantitative estimate of drug-likeness (QED) is 0.232. The molecular weight excluding hydrogens is 464 g/mol. The molecule has 142 valence electrons. The Morgan fingerprint density at radius 2 is 1.75 bits per heavy atom. The van der Waals surface area contributed by atoms with Gasteiger partial charge in [-0.1, -0.05) is 24.3 Å². The third kappa shape index (κ3) is 9.75. The number of hydrogen-bond donors (Lipinski definition) is 1. The van der Waals surface area contributed by atoms with E-state index in [1.54, 1.807) is 30.3 Å². The summed E-state index contributed by atoms with van der Waals surface area (Å²) in [5.74, 6) is -0.150. The second-order valence-electron chi connectivity index (χ2n) is 5.58. The summed E-state index contributed by atoms with van der Waals surface area (Å²) in [5.41, 5.74) is 0.666. The molecule has 1 atom stereocenters. The van der Waals surface area contributed by atoms with Gasteiger partial charge in [-0.15, -0.1) is 0 Å². The molecule has 0 spiro atoms. The number of rotatable bonds is 8. The van der Waals surface area contributed by atoms with Gasteiger partial charge in [0, 0.05) is 0 Å². The van der Waals surface area contributed by atoms with E-state index in [1.807, 2.05) is 0 Å². The number of para-hydroxylation sites is 1. The van der Waals surface area contributed by atoms with Crippen molar-refractivity contribution in [2.24, 2.45) is 0 Å². The van der Waals surface area contributed by atoms with Gasteiger partial charge in [0.25, 0.3) is 10.1 Å². The van der Waals surface area contributed by atoms with Gasteiger partial charge in [-0.2, -0.15) is 8.42 Å². The fraction of sp³-hybridized carbons (Fsp3) is 0.250.